The summed E-state index contributed by atoms with van der Waals surface area (Å²) in [6.07, 6.45) is 2.51. The van der Waals surface area contributed by atoms with Gasteiger partial charge in [0.2, 0.25) is 0 Å². The van der Waals surface area contributed by atoms with E-state index in [-0.39, 0.29) is 0 Å². The van der Waals surface area contributed by atoms with Gasteiger partial charge in [-0.05, 0) is 44.9 Å². The zero-order valence-electron chi connectivity index (χ0n) is 14.5. The lowest BCUT2D eigenvalue weighted by molar-refractivity contribution is 0.198. The molecule has 1 aliphatic heterocycles. The number of aromatic nitrogens is 2. The second-order valence-electron chi connectivity index (χ2n) is 7.23. The van der Waals surface area contributed by atoms with E-state index >= 15 is 0 Å². The van der Waals surface area contributed by atoms with Gasteiger partial charge >= 0.3 is 0 Å². The average Bonchev–Trinajstić information content (AvgIpc) is 2.42. The molecule has 0 radical (unpaired) electrons. The summed E-state index contributed by atoms with van der Waals surface area (Å²) in [5.74, 6) is 3.76. The molecule has 0 amide bonds. The lowest BCUT2D eigenvalue weighted by Gasteiger charge is -2.39. The van der Waals surface area contributed by atoms with Crippen LogP contribution in [0.25, 0.3) is 0 Å². The van der Waals surface area contributed by atoms with Crippen molar-refractivity contribution < 1.29 is 0 Å². The van der Waals surface area contributed by atoms with Gasteiger partial charge in [0.05, 0.1) is 0 Å². The Hall–Kier alpha value is -1.32. The van der Waals surface area contributed by atoms with Gasteiger partial charge in [-0.3, -0.25) is 0 Å². The fourth-order valence-electron chi connectivity index (χ4n) is 3.22. The standard InChI is InChI=1S/C17H30N4/c1-7-18-15-12(2)16(20-13(3)19-15)21-10-8-14(9-11-21)17(4,5)6/h14H,7-11H2,1-6H3,(H,18,19,20). The molecular formula is C17H30N4. The second kappa shape index (κ2) is 6.20. The van der Waals surface area contributed by atoms with E-state index in [1.54, 1.807) is 0 Å². The van der Waals surface area contributed by atoms with Crippen LogP contribution in [0.4, 0.5) is 11.6 Å². The van der Waals surface area contributed by atoms with Crippen molar-refractivity contribution in [2.75, 3.05) is 29.9 Å². The number of hydrogen-bond acceptors (Lipinski definition) is 4. The Morgan fingerprint density at radius 3 is 2.29 bits per heavy atom. The van der Waals surface area contributed by atoms with Crippen molar-refractivity contribution in [3.05, 3.63) is 11.4 Å². The molecule has 118 valence electrons. The molecule has 0 aliphatic carbocycles. The average molecular weight is 290 g/mol. The number of rotatable bonds is 3. The van der Waals surface area contributed by atoms with Crippen LogP contribution in [0, 0.1) is 25.2 Å². The van der Waals surface area contributed by atoms with E-state index in [9.17, 15) is 0 Å². The van der Waals surface area contributed by atoms with Gasteiger partial charge in [-0.1, -0.05) is 20.8 Å². The third-order valence-corrected chi connectivity index (χ3v) is 4.60. The number of anilines is 2. The Labute approximate surface area is 129 Å². The normalized spacial score (nSPS) is 17.1. The minimum absolute atomic E-state index is 0.414. The number of aryl methyl sites for hydroxylation is 1. The molecule has 0 saturated carbocycles. The Morgan fingerprint density at radius 2 is 1.76 bits per heavy atom. The molecule has 1 aromatic rings. The highest BCUT2D eigenvalue weighted by atomic mass is 15.2. The van der Waals surface area contributed by atoms with Crippen LogP contribution in [-0.4, -0.2) is 29.6 Å². The van der Waals surface area contributed by atoms with Crippen LogP contribution in [0.15, 0.2) is 0 Å². The predicted molar refractivity (Wildman–Crippen MR) is 90.1 cm³/mol. The summed E-state index contributed by atoms with van der Waals surface area (Å²) in [5, 5.41) is 3.35. The van der Waals surface area contributed by atoms with E-state index in [0.717, 1.165) is 43.0 Å². The van der Waals surface area contributed by atoms with Crippen molar-refractivity contribution in [2.24, 2.45) is 11.3 Å². The summed E-state index contributed by atoms with van der Waals surface area (Å²) >= 11 is 0. The van der Waals surface area contributed by atoms with Gasteiger partial charge in [-0.25, -0.2) is 9.97 Å². The molecule has 1 saturated heterocycles. The number of hydrogen-bond donors (Lipinski definition) is 1. The lowest BCUT2D eigenvalue weighted by Crippen LogP contribution is -2.39. The van der Waals surface area contributed by atoms with Crippen LogP contribution in [0.2, 0.25) is 0 Å². The maximum Gasteiger partial charge on any atom is 0.137 e. The Morgan fingerprint density at radius 1 is 1.14 bits per heavy atom. The summed E-state index contributed by atoms with van der Waals surface area (Å²) < 4.78 is 0. The van der Waals surface area contributed by atoms with Crippen molar-refractivity contribution in [3.63, 3.8) is 0 Å². The fraction of sp³-hybridized carbons (Fsp3) is 0.765. The van der Waals surface area contributed by atoms with Gasteiger partial charge < -0.3 is 10.2 Å². The van der Waals surface area contributed by atoms with Gasteiger partial charge in [0.1, 0.15) is 17.5 Å². The van der Waals surface area contributed by atoms with Gasteiger partial charge in [-0.15, -0.1) is 0 Å². The van der Waals surface area contributed by atoms with Crippen molar-refractivity contribution in [2.45, 2.75) is 54.4 Å². The smallest absolute Gasteiger partial charge is 0.137 e. The topological polar surface area (TPSA) is 41.1 Å². The van der Waals surface area contributed by atoms with Gasteiger partial charge in [-0.2, -0.15) is 0 Å². The van der Waals surface area contributed by atoms with Crippen molar-refractivity contribution in [3.8, 4) is 0 Å². The summed E-state index contributed by atoms with van der Waals surface area (Å²) in [4.78, 5) is 11.7. The predicted octanol–water partition coefficient (Wildman–Crippen LogP) is 3.79. The van der Waals surface area contributed by atoms with Crippen molar-refractivity contribution >= 4 is 11.6 Å². The molecule has 1 N–H and O–H groups in total. The first-order valence-corrected chi connectivity index (χ1v) is 8.17. The summed E-state index contributed by atoms with van der Waals surface area (Å²) in [6.45, 7) is 16.4. The van der Waals surface area contributed by atoms with Gasteiger partial charge in [0, 0.05) is 25.2 Å². The summed E-state index contributed by atoms with van der Waals surface area (Å²) in [5.41, 5.74) is 1.59. The Balaban J connectivity index is 2.17. The Bertz CT molecular complexity index is 482. The quantitative estimate of drug-likeness (QED) is 0.919. The molecule has 2 rings (SSSR count). The molecule has 4 nitrogen and oxygen atoms in total. The molecule has 2 heterocycles. The van der Waals surface area contributed by atoms with Crippen LogP contribution in [-0.2, 0) is 0 Å². The first-order chi connectivity index (χ1) is 9.82. The molecule has 1 aromatic heterocycles. The molecule has 21 heavy (non-hydrogen) atoms. The molecular weight excluding hydrogens is 260 g/mol. The van der Waals surface area contributed by atoms with Crippen LogP contribution < -0.4 is 10.2 Å². The van der Waals surface area contributed by atoms with Crippen molar-refractivity contribution in [1.29, 1.82) is 0 Å². The minimum Gasteiger partial charge on any atom is -0.370 e. The molecule has 1 aliphatic rings. The molecule has 0 atom stereocenters. The minimum atomic E-state index is 0.414. The molecule has 0 unspecified atom stereocenters. The molecule has 1 fully saturated rings. The van der Waals surface area contributed by atoms with Crippen LogP contribution >= 0.6 is 0 Å². The zero-order chi connectivity index (χ0) is 15.6. The highest BCUT2D eigenvalue weighted by molar-refractivity contribution is 5.58. The van der Waals surface area contributed by atoms with E-state index in [1.807, 2.05) is 6.92 Å². The summed E-state index contributed by atoms with van der Waals surface area (Å²) in [7, 11) is 0. The number of piperidine rings is 1. The lowest BCUT2D eigenvalue weighted by atomic mass is 9.75. The van der Waals surface area contributed by atoms with E-state index in [4.69, 9.17) is 4.98 Å². The first-order valence-electron chi connectivity index (χ1n) is 8.17. The monoisotopic (exact) mass is 290 g/mol. The molecule has 4 heteroatoms. The zero-order valence-corrected chi connectivity index (χ0v) is 14.5. The van der Waals surface area contributed by atoms with Crippen LogP contribution in [0.3, 0.4) is 0 Å². The highest BCUT2D eigenvalue weighted by Crippen LogP contribution is 2.36. The van der Waals surface area contributed by atoms with Crippen LogP contribution in [0.1, 0.15) is 51.9 Å². The number of nitrogens with one attached hydrogen (secondary N) is 1. The highest BCUT2D eigenvalue weighted by Gasteiger charge is 2.30. The van der Waals surface area contributed by atoms with E-state index in [0.29, 0.717) is 5.41 Å². The van der Waals surface area contributed by atoms with E-state index < -0.39 is 0 Å². The maximum atomic E-state index is 4.70. The van der Waals surface area contributed by atoms with E-state index in [2.05, 4.69) is 49.8 Å². The maximum absolute atomic E-state index is 4.70. The first kappa shape index (κ1) is 16.1. The number of nitrogens with zero attached hydrogens (tertiary/aromatic N) is 3. The molecule has 0 bridgehead atoms. The molecule has 0 spiro atoms. The van der Waals surface area contributed by atoms with Gasteiger partial charge in [0.15, 0.2) is 0 Å². The van der Waals surface area contributed by atoms with Crippen molar-refractivity contribution in [1.82, 2.24) is 9.97 Å². The van der Waals surface area contributed by atoms with Gasteiger partial charge in [0.25, 0.3) is 0 Å². The summed E-state index contributed by atoms with van der Waals surface area (Å²) in [6, 6.07) is 0. The molecule has 0 aromatic carbocycles. The SMILES string of the molecule is CCNc1nc(C)nc(N2CCC(C(C)(C)C)CC2)c1C. The van der Waals surface area contributed by atoms with E-state index in [1.165, 1.54) is 18.4 Å². The second-order valence-corrected chi connectivity index (χ2v) is 7.23. The fourth-order valence-corrected chi connectivity index (χ4v) is 3.22. The van der Waals surface area contributed by atoms with Crippen LogP contribution in [0.5, 0.6) is 0 Å². The third-order valence-electron chi connectivity index (χ3n) is 4.60. The largest absolute Gasteiger partial charge is 0.370 e. The third kappa shape index (κ3) is 3.66. The Kier molecular flexibility index (Phi) is 4.74.